The Hall–Kier alpha value is -1.84. The lowest BCUT2D eigenvalue weighted by Crippen LogP contribution is -2.48. The molecule has 29 heavy (non-hydrogen) atoms. The smallest absolute Gasteiger partial charge is 0.410 e. The summed E-state index contributed by atoms with van der Waals surface area (Å²) in [5.74, 6) is -0.275. The highest BCUT2D eigenvalue weighted by Crippen LogP contribution is 2.37. The van der Waals surface area contributed by atoms with Crippen LogP contribution in [0.25, 0.3) is 6.08 Å². The minimum Gasteiger partial charge on any atom is -0.444 e. The first kappa shape index (κ1) is 21.9. The molecule has 8 nitrogen and oxygen atoms in total. The fourth-order valence-corrected chi connectivity index (χ4v) is 4.91. The maximum Gasteiger partial charge on any atom is 0.410 e. The van der Waals surface area contributed by atoms with Crippen LogP contribution in [0, 0.1) is 0 Å². The van der Waals surface area contributed by atoms with Crippen LogP contribution in [-0.4, -0.2) is 61.5 Å². The lowest BCUT2D eigenvalue weighted by Gasteiger charge is -2.35. The van der Waals surface area contributed by atoms with Crippen LogP contribution in [-0.2, 0) is 25.5 Å². The molecule has 1 aliphatic carbocycles. The Morgan fingerprint density at radius 3 is 2.76 bits per heavy atom. The van der Waals surface area contributed by atoms with Gasteiger partial charge in [-0.3, -0.25) is 4.18 Å². The molecule has 1 aliphatic heterocycles. The zero-order chi connectivity index (χ0) is 21.4. The number of rotatable bonds is 5. The number of aromatic nitrogens is 1. The Morgan fingerprint density at radius 1 is 1.41 bits per heavy atom. The van der Waals surface area contributed by atoms with E-state index in [9.17, 15) is 13.2 Å². The van der Waals surface area contributed by atoms with E-state index in [1.807, 2.05) is 12.3 Å². The summed E-state index contributed by atoms with van der Waals surface area (Å²) in [5.41, 5.74) is 8.72. The maximum absolute atomic E-state index is 12.9. The van der Waals surface area contributed by atoms with Crippen molar-refractivity contribution in [2.45, 2.75) is 63.7 Å². The number of carbonyl (C=O) groups is 1. The van der Waals surface area contributed by atoms with Crippen molar-refractivity contribution in [3.05, 3.63) is 29.1 Å². The van der Waals surface area contributed by atoms with E-state index in [-0.39, 0.29) is 12.5 Å². The molecule has 0 bridgehead atoms. The van der Waals surface area contributed by atoms with Crippen molar-refractivity contribution >= 4 is 22.3 Å². The highest BCUT2D eigenvalue weighted by Gasteiger charge is 2.46. The molecule has 1 aromatic heterocycles. The van der Waals surface area contributed by atoms with Crippen LogP contribution >= 0.6 is 0 Å². The van der Waals surface area contributed by atoms with E-state index in [2.05, 4.69) is 11.1 Å². The molecule has 2 aliphatic rings. The number of fused-ring (bicyclic) bond motifs is 1. The standard InChI is InChI=1S/C20H31N3O5S/c1-20(2,3)27-19(24)23-10-9-17(28-29(4,25)26)18(23)14(11-21)15-12-22-16-8-6-5-7-13(15)16/h6,8,12,14,17-18,22H,5,7,9-11,21H2,1-4H3/t14-,17-,18+/m0/s1. The Morgan fingerprint density at radius 2 is 2.14 bits per heavy atom. The van der Waals surface area contributed by atoms with E-state index in [0.29, 0.717) is 13.0 Å². The molecular formula is C20H31N3O5S. The summed E-state index contributed by atoms with van der Waals surface area (Å²) in [7, 11) is -3.69. The molecule has 3 rings (SSSR count). The highest BCUT2D eigenvalue weighted by molar-refractivity contribution is 7.86. The van der Waals surface area contributed by atoms with Gasteiger partial charge in [0.1, 0.15) is 5.60 Å². The van der Waals surface area contributed by atoms with Crippen molar-refractivity contribution in [3.8, 4) is 0 Å². The highest BCUT2D eigenvalue weighted by atomic mass is 32.2. The maximum atomic E-state index is 12.9. The summed E-state index contributed by atoms with van der Waals surface area (Å²) in [4.78, 5) is 17.8. The third-order valence-electron chi connectivity index (χ3n) is 5.29. The minimum atomic E-state index is -3.69. The average molecular weight is 426 g/mol. The summed E-state index contributed by atoms with van der Waals surface area (Å²) < 4.78 is 34.7. The minimum absolute atomic E-state index is 0.252. The summed E-state index contributed by atoms with van der Waals surface area (Å²) in [6.45, 7) is 6.01. The van der Waals surface area contributed by atoms with Crippen LogP contribution in [0.5, 0.6) is 0 Å². The van der Waals surface area contributed by atoms with E-state index in [1.54, 1.807) is 25.7 Å². The average Bonchev–Trinajstić information content (AvgIpc) is 3.18. The van der Waals surface area contributed by atoms with Crippen LogP contribution in [0.1, 0.15) is 56.4 Å². The van der Waals surface area contributed by atoms with Crippen LogP contribution < -0.4 is 5.73 Å². The van der Waals surface area contributed by atoms with Crippen molar-refractivity contribution in [3.63, 3.8) is 0 Å². The fraction of sp³-hybridized carbons (Fsp3) is 0.650. The van der Waals surface area contributed by atoms with E-state index >= 15 is 0 Å². The van der Waals surface area contributed by atoms with Crippen molar-refractivity contribution in [1.82, 2.24) is 9.88 Å². The summed E-state index contributed by atoms with van der Waals surface area (Å²) in [5, 5.41) is 0. The molecule has 2 heterocycles. The van der Waals surface area contributed by atoms with Gasteiger partial charge >= 0.3 is 6.09 Å². The summed E-state index contributed by atoms with van der Waals surface area (Å²) >= 11 is 0. The van der Waals surface area contributed by atoms with E-state index in [0.717, 1.165) is 35.9 Å². The number of nitrogens with one attached hydrogen (secondary N) is 1. The number of allylic oxidation sites excluding steroid dienone is 1. The fourth-order valence-electron chi connectivity index (χ4n) is 4.25. The topological polar surface area (TPSA) is 115 Å². The molecule has 0 unspecified atom stereocenters. The van der Waals surface area contributed by atoms with Gasteiger partial charge in [0.15, 0.2) is 0 Å². The van der Waals surface area contributed by atoms with Gasteiger partial charge in [-0.15, -0.1) is 0 Å². The molecule has 0 aromatic carbocycles. The van der Waals surface area contributed by atoms with E-state index < -0.39 is 34.0 Å². The summed E-state index contributed by atoms with van der Waals surface area (Å²) in [6.07, 6.45) is 8.15. The molecule has 1 amide bonds. The number of hydrogen-bond donors (Lipinski definition) is 2. The molecule has 1 fully saturated rings. The quantitative estimate of drug-likeness (QED) is 0.700. The molecule has 1 saturated heterocycles. The van der Waals surface area contributed by atoms with Crippen LogP contribution in [0.15, 0.2) is 12.3 Å². The lowest BCUT2D eigenvalue weighted by atomic mass is 9.85. The van der Waals surface area contributed by atoms with Crippen LogP contribution in [0.2, 0.25) is 0 Å². The molecule has 3 N–H and O–H groups in total. The molecule has 0 spiro atoms. The van der Waals surface area contributed by atoms with Gasteiger partial charge in [-0.2, -0.15) is 8.42 Å². The third kappa shape index (κ3) is 5.02. The number of amides is 1. The molecule has 0 radical (unpaired) electrons. The van der Waals surface area contributed by atoms with Gasteiger partial charge in [-0.25, -0.2) is 4.79 Å². The molecule has 3 atom stereocenters. The molecule has 0 saturated carbocycles. The Kier molecular flexibility index (Phi) is 6.12. The van der Waals surface area contributed by atoms with Crippen LogP contribution in [0.4, 0.5) is 4.79 Å². The van der Waals surface area contributed by atoms with Gasteiger partial charge in [0.25, 0.3) is 10.1 Å². The van der Waals surface area contributed by atoms with E-state index in [4.69, 9.17) is 14.7 Å². The number of H-pyrrole nitrogens is 1. The van der Waals surface area contributed by atoms with Crippen molar-refractivity contribution in [1.29, 1.82) is 0 Å². The molecular weight excluding hydrogens is 394 g/mol. The second-order valence-electron chi connectivity index (χ2n) is 8.71. The van der Waals surface area contributed by atoms with Gasteiger partial charge in [0.2, 0.25) is 0 Å². The summed E-state index contributed by atoms with van der Waals surface area (Å²) in [6, 6.07) is -0.532. The van der Waals surface area contributed by atoms with Crippen molar-refractivity contribution in [2.24, 2.45) is 5.73 Å². The van der Waals surface area contributed by atoms with Gasteiger partial charge in [-0.1, -0.05) is 6.08 Å². The zero-order valence-electron chi connectivity index (χ0n) is 17.5. The van der Waals surface area contributed by atoms with Gasteiger partial charge in [0.05, 0.1) is 18.4 Å². The van der Waals surface area contributed by atoms with E-state index in [1.165, 1.54) is 0 Å². The first-order valence-electron chi connectivity index (χ1n) is 9.95. The predicted octanol–water partition coefficient (Wildman–Crippen LogP) is 2.37. The number of hydrogen-bond acceptors (Lipinski definition) is 6. The van der Waals surface area contributed by atoms with Gasteiger partial charge in [-0.05, 0) is 57.2 Å². The second kappa shape index (κ2) is 8.12. The molecule has 1 aromatic rings. The first-order valence-corrected chi connectivity index (χ1v) is 11.8. The zero-order valence-corrected chi connectivity index (χ0v) is 18.3. The van der Waals surface area contributed by atoms with Gasteiger partial charge < -0.3 is 20.4 Å². The monoisotopic (exact) mass is 425 g/mol. The number of carbonyl (C=O) groups excluding carboxylic acids is 1. The number of nitrogens with zero attached hydrogens (tertiary/aromatic N) is 1. The predicted molar refractivity (Wildman–Crippen MR) is 111 cm³/mol. The molecule has 9 heteroatoms. The van der Waals surface area contributed by atoms with Gasteiger partial charge in [0, 0.05) is 30.9 Å². The van der Waals surface area contributed by atoms with Crippen LogP contribution in [0.3, 0.4) is 0 Å². The number of likely N-dealkylation sites (tertiary alicyclic amines) is 1. The molecule has 162 valence electrons. The second-order valence-corrected chi connectivity index (χ2v) is 10.3. The third-order valence-corrected chi connectivity index (χ3v) is 5.89. The number of aromatic amines is 1. The van der Waals surface area contributed by atoms with Crippen molar-refractivity contribution in [2.75, 3.05) is 19.3 Å². The number of ether oxygens (including phenoxy) is 1. The lowest BCUT2D eigenvalue weighted by molar-refractivity contribution is 0.0144. The van der Waals surface area contributed by atoms with Crippen molar-refractivity contribution < 1.29 is 22.1 Å². The Bertz CT molecular complexity index is 884. The Labute approximate surface area is 172 Å². The largest absolute Gasteiger partial charge is 0.444 e. The number of nitrogens with two attached hydrogens (primary N) is 1. The first-order chi connectivity index (χ1) is 13.5. The Balaban J connectivity index is 1.98. The SMILES string of the molecule is CC(C)(C)OC(=O)N1CC[C@H](OS(C)(=O)=O)[C@H]1[C@@H](CN)c1c[nH]c2c1CCC=C2. The normalized spacial score (nSPS) is 23.1.